The average molecular weight is 494 g/mol. The van der Waals surface area contributed by atoms with Crippen molar-refractivity contribution in [3.8, 4) is 44.6 Å². The van der Waals surface area contributed by atoms with Gasteiger partial charge in [-0.3, -0.25) is 4.98 Å². The van der Waals surface area contributed by atoms with E-state index < -0.39 is 7.14 Å². The third-order valence-electron chi connectivity index (χ3n) is 7.48. The molecule has 6 aromatic rings. The first-order chi connectivity index (χ1) is 18.1. The molecule has 0 fully saturated rings. The van der Waals surface area contributed by atoms with Crippen LogP contribution in [-0.2, 0) is 4.57 Å². The minimum atomic E-state index is -2.66. The van der Waals surface area contributed by atoms with Crippen LogP contribution >= 0.6 is 7.14 Å². The fourth-order valence-electron chi connectivity index (χ4n) is 5.72. The molecule has 0 spiro atoms. The van der Waals surface area contributed by atoms with Crippen LogP contribution in [-0.4, -0.2) is 11.6 Å². The smallest absolute Gasteiger partial charge is 0.141 e. The van der Waals surface area contributed by atoms with Crippen LogP contribution in [0.4, 0.5) is 0 Å². The van der Waals surface area contributed by atoms with Gasteiger partial charge in [0.15, 0.2) is 0 Å². The molecule has 7 rings (SSSR count). The topological polar surface area (TPSA) is 30.0 Å². The molecule has 37 heavy (non-hydrogen) atoms. The Morgan fingerprint density at radius 3 is 2.08 bits per heavy atom. The molecule has 0 aliphatic carbocycles. The third-order valence-corrected chi connectivity index (χ3v) is 10.1. The monoisotopic (exact) mass is 493 g/mol. The molecule has 1 unspecified atom stereocenters. The second-order valence-corrected chi connectivity index (χ2v) is 12.5. The van der Waals surface area contributed by atoms with Crippen LogP contribution in [0.5, 0.6) is 0 Å². The molecule has 1 aromatic heterocycles. The summed E-state index contributed by atoms with van der Waals surface area (Å²) in [5, 5.41) is 4.26. The largest absolute Gasteiger partial charge is 0.314 e. The minimum absolute atomic E-state index is 0.947. The van der Waals surface area contributed by atoms with Crippen LogP contribution in [0.25, 0.3) is 55.4 Å². The summed E-state index contributed by atoms with van der Waals surface area (Å²) in [6.45, 7) is 1.90. The SMILES string of the molecule is CP1(=O)c2ccccc2-c2c(-c3ccc4ccccc4c3-c3ccc(-c4ccccc4)nc3)cccc21. The lowest BCUT2D eigenvalue weighted by molar-refractivity contribution is 0.591. The van der Waals surface area contributed by atoms with Crippen LogP contribution in [0.15, 0.2) is 128 Å². The molecule has 1 atom stereocenters. The van der Waals surface area contributed by atoms with Crippen LogP contribution in [0.1, 0.15) is 0 Å². The molecular weight excluding hydrogens is 469 g/mol. The summed E-state index contributed by atoms with van der Waals surface area (Å²) in [7, 11) is -2.66. The number of fused-ring (bicyclic) bond motifs is 4. The molecule has 0 N–H and O–H groups in total. The zero-order chi connectivity index (χ0) is 25.0. The standard InChI is InChI=1S/C34H24NOP/c1-37(36)31-16-8-7-14-29(31)34-27(15-9-17-32(34)37)28-20-18-23-10-5-6-13-26(23)33(28)25-19-21-30(35-22-25)24-11-3-2-4-12-24/h2-22H,1H3. The first-order valence-corrected chi connectivity index (χ1v) is 14.6. The molecule has 0 bridgehead atoms. The average Bonchev–Trinajstić information content (AvgIpc) is 3.20. The van der Waals surface area contributed by atoms with E-state index in [2.05, 4.69) is 72.8 Å². The third kappa shape index (κ3) is 3.41. The van der Waals surface area contributed by atoms with E-state index >= 15 is 0 Å². The maximum Gasteiger partial charge on any atom is 0.141 e. The summed E-state index contributed by atoms with van der Waals surface area (Å²) in [4.78, 5) is 4.85. The first kappa shape index (κ1) is 22.0. The number of hydrogen-bond donors (Lipinski definition) is 0. The molecule has 3 heteroatoms. The van der Waals surface area contributed by atoms with Gasteiger partial charge in [0, 0.05) is 33.5 Å². The van der Waals surface area contributed by atoms with E-state index in [1.165, 1.54) is 10.8 Å². The second-order valence-electron chi connectivity index (χ2n) is 9.65. The molecular formula is C34H24NOP. The normalized spacial score (nSPS) is 15.9. The van der Waals surface area contributed by atoms with Gasteiger partial charge in [-0.15, -0.1) is 0 Å². The van der Waals surface area contributed by atoms with Crippen molar-refractivity contribution in [2.75, 3.05) is 6.66 Å². The first-order valence-electron chi connectivity index (χ1n) is 12.5. The Balaban J connectivity index is 1.50. The Morgan fingerprint density at radius 2 is 1.24 bits per heavy atom. The minimum Gasteiger partial charge on any atom is -0.314 e. The van der Waals surface area contributed by atoms with Gasteiger partial charge >= 0.3 is 0 Å². The maximum atomic E-state index is 14.0. The summed E-state index contributed by atoms with van der Waals surface area (Å²) < 4.78 is 14.0. The fourth-order valence-corrected chi connectivity index (χ4v) is 8.03. The van der Waals surface area contributed by atoms with E-state index in [9.17, 15) is 4.57 Å². The number of benzene rings is 5. The van der Waals surface area contributed by atoms with Crippen LogP contribution < -0.4 is 10.6 Å². The maximum absolute atomic E-state index is 14.0. The highest BCUT2D eigenvalue weighted by molar-refractivity contribution is 7.79. The number of rotatable bonds is 3. The van der Waals surface area contributed by atoms with Gasteiger partial charge in [0.25, 0.3) is 0 Å². The Kier molecular flexibility index (Phi) is 4.99. The zero-order valence-electron chi connectivity index (χ0n) is 20.4. The number of nitrogens with zero attached hydrogens (tertiary/aromatic N) is 1. The van der Waals surface area contributed by atoms with Crippen molar-refractivity contribution < 1.29 is 4.57 Å². The van der Waals surface area contributed by atoms with Crippen molar-refractivity contribution in [3.05, 3.63) is 128 Å². The lowest BCUT2D eigenvalue weighted by atomic mass is 9.87. The Bertz CT molecular complexity index is 1860. The number of pyridine rings is 1. The van der Waals surface area contributed by atoms with E-state index in [0.29, 0.717) is 0 Å². The number of aromatic nitrogens is 1. The molecule has 0 radical (unpaired) electrons. The molecule has 176 valence electrons. The molecule has 0 saturated heterocycles. The zero-order valence-corrected chi connectivity index (χ0v) is 21.3. The van der Waals surface area contributed by atoms with E-state index in [4.69, 9.17) is 4.98 Å². The van der Waals surface area contributed by atoms with E-state index in [1.807, 2.05) is 61.4 Å². The van der Waals surface area contributed by atoms with E-state index in [-0.39, 0.29) is 0 Å². The highest BCUT2D eigenvalue weighted by Crippen LogP contribution is 2.53. The van der Waals surface area contributed by atoms with Gasteiger partial charge in [0.2, 0.25) is 0 Å². The molecule has 1 aliphatic heterocycles. The fraction of sp³-hybridized carbons (Fsp3) is 0.0294. The van der Waals surface area contributed by atoms with Gasteiger partial charge < -0.3 is 4.57 Å². The number of hydrogen-bond acceptors (Lipinski definition) is 2. The lowest BCUT2D eigenvalue weighted by Gasteiger charge is -2.17. The Morgan fingerprint density at radius 1 is 0.541 bits per heavy atom. The van der Waals surface area contributed by atoms with Crippen molar-refractivity contribution in [1.82, 2.24) is 4.98 Å². The second kappa shape index (κ2) is 8.40. The molecule has 5 aromatic carbocycles. The van der Waals surface area contributed by atoms with Crippen molar-refractivity contribution in [1.29, 1.82) is 0 Å². The molecule has 0 saturated carbocycles. The van der Waals surface area contributed by atoms with Gasteiger partial charge in [-0.1, -0.05) is 115 Å². The van der Waals surface area contributed by atoms with Gasteiger partial charge in [-0.2, -0.15) is 0 Å². The van der Waals surface area contributed by atoms with E-state index in [0.717, 1.165) is 55.2 Å². The van der Waals surface area contributed by atoms with Crippen LogP contribution in [0.3, 0.4) is 0 Å². The molecule has 2 heterocycles. The van der Waals surface area contributed by atoms with Gasteiger partial charge in [0.05, 0.1) is 5.69 Å². The summed E-state index contributed by atoms with van der Waals surface area (Å²) in [6, 6.07) is 41.8. The molecule has 0 amide bonds. The van der Waals surface area contributed by atoms with Crippen molar-refractivity contribution in [2.24, 2.45) is 0 Å². The lowest BCUT2D eigenvalue weighted by Crippen LogP contribution is -2.08. The highest BCUT2D eigenvalue weighted by Gasteiger charge is 2.36. The van der Waals surface area contributed by atoms with Crippen molar-refractivity contribution >= 4 is 28.5 Å². The highest BCUT2D eigenvalue weighted by atomic mass is 31.2. The quantitative estimate of drug-likeness (QED) is 0.233. The summed E-state index contributed by atoms with van der Waals surface area (Å²) in [6.07, 6.45) is 1.98. The van der Waals surface area contributed by atoms with Crippen molar-refractivity contribution in [3.63, 3.8) is 0 Å². The van der Waals surface area contributed by atoms with Gasteiger partial charge in [-0.05, 0) is 45.8 Å². The summed E-state index contributed by atoms with van der Waals surface area (Å²) >= 11 is 0. The predicted octanol–water partition coefficient (Wildman–Crippen LogP) is 8.16. The molecule has 1 aliphatic rings. The molecule has 2 nitrogen and oxygen atoms in total. The Hall–Kier alpha value is -4.26. The predicted molar refractivity (Wildman–Crippen MR) is 156 cm³/mol. The summed E-state index contributed by atoms with van der Waals surface area (Å²) in [5.41, 5.74) is 8.67. The van der Waals surface area contributed by atoms with E-state index in [1.54, 1.807) is 0 Å². The Labute approximate surface area is 216 Å². The van der Waals surface area contributed by atoms with Gasteiger partial charge in [-0.25, -0.2) is 0 Å². The van der Waals surface area contributed by atoms with Crippen LogP contribution in [0.2, 0.25) is 0 Å². The van der Waals surface area contributed by atoms with Gasteiger partial charge in [0.1, 0.15) is 7.14 Å². The van der Waals surface area contributed by atoms with Crippen LogP contribution in [0, 0.1) is 0 Å². The van der Waals surface area contributed by atoms with Crippen molar-refractivity contribution in [2.45, 2.75) is 0 Å². The summed E-state index contributed by atoms with van der Waals surface area (Å²) in [5.74, 6) is 0.